The molecule has 5 heterocycles. The number of hydrogen-bond acceptors (Lipinski definition) is 9. The molecule has 1 aromatic carbocycles. The number of alkyl halides is 6. The highest BCUT2D eigenvalue weighted by Gasteiger charge is 2.36. The van der Waals surface area contributed by atoms with Gasteiger partial charge in [-0.25, -0.2) is 19.9 Å². The second-order valence-electron chi connectivity index (χ2n) is 9.80. The molecule has 246 valence electrons. The number of pyridine rings is 2. The van der Waals surface area contributed by atoms with Crippen LogP contribution in [0.1, 0.15) is 43.8 Å². The van der Waals surface area contributed by atoms with Crippen LogP contribution >= 0.6 is 23.2 Å². The van der Waals surface area contributed by atoms with Gasteiger partial charge in [-0.2, -0.15) is 26.3 Å². The van der Waals surface area contributed by atoms with Gasteiger partial charge in [0.15, 0.2) is 0 Å². The molecule has 4 aromatic heterocycles. The molecule has 0 saturated heterocycles. The van der Waals surface area contributed by atoms with Crippen molar-refractivity contribution in [1.82, 2.24) is 34.8 Å². The van der Waals surface area contributed by atoms with Crippen molar-refractivity contribution in [2.75, 3.05) is 0 Å². The lowest BCUT2D eigenvalue weighted by Gasteiger charge is -2.14. The average molecular weight is 708 g/mol. The van der Waals surface area contributed by atoms with Gasteiger partial charge in [0.05, 0.1) is 45.7 Å². The van der Waals surface area contributed by atoms with Crippen molar-refractivity contribution in [3.8, 4) is 22.3 Å². The molecule has 5 aromatic rings. The fraction of sp³-hybridized carbons (Fsp3) is 0.133. The lowest BCUT2D eigenvalue weighted by Crippen LogP contribution is -2.29. The monoisotopic (exact) mass is 707 g/mol. The quantitative estimate of drug-likeness (QED) is 0.156. The first-order valence-corrected chi connectivity index (χ1v) is 14.1. The maximum atomic E-state index is 12.6. The number of rotatable bonds is 5. The topological polar surface area (TPSA) is 135 Å². The van der Waals surface area contributed by atoms with E-state index in [0.29, 0.717) is 39.2 Å². The molecule has 6 rings (SSSR count). The molecule has 10 nitrogen and oxygen atoms in total. The minimum Gasteiger partial charge on any atom is -0.390 e. The van der Waals surface area contributed by atoms with E-state index in [1.54, 1.807) is 24.3 Å². The Morgan fingerprint density at radius 3 is 1.40 bits per heavy atom. The van der Waals surface area contributed by atoms with Crippen molar-refractivity contribution < 1.29 is 41.0 Å². The Kier molecular flexibility index (Phi) is 9.70. The van der Waals surface area contributed by atoms with Crippen molar-refractivity contribution in [2.45, 2.75) is 25.5 Å². The smallest absolute Gasteiger partial charge is 0.390 e. The molecule has 18 heteroatoms. The normalized spacial score (nSPS) is 12.9. The average Bonchev–Trinajstić information content (AvgIpc) is 3.30. The van der Waals surface area contributed by atoms with Gasteiger partial charge >= 0.3 is 12.4 Å². The van der Waals surface area contributed by atoms with Gasteiger partial charge < -0.3 is 5.11 Å². The van der Waals surface area contributed by atoms with Gasteiger partial charge in [0.1, 0.15) is 0 Å². The van der Waals surface area contributed by atoms with Crippen molar-refractivity contribution in [3.63, 3.8) is 0 Å². The number of hydrogen-bond donors (Lipinski definition) is 1. The molecule has 0 fully saturated rings. The van der Waals surface area contributed by atoms with E-state index in [1.165, 1.54) is 24.5 Å². The number of benzene rings is 1. The molecule has 0 atom stereocenters. The second-order valence-corrected chi connectivity index (χ2v) is 10.6. The molecule has 0 saturated carbocycles. The molecular formula is C30H17Cl2F6N7O3. The third-order valence-corrected chi connectivity index (χ3v) is 7.22. The van der Waals surface area contributed by atoms with Crippen molar-refractivity contribution in [3.05, 3.63) is 118 Å². The Hall–Kier alpha value is -5.06. The van der Waals surface area contributed by atoms with Crippen LogP contribution in [0.2, 0.25) is 10.0 Å². The first-order chi connectivity index (χ1) is 22.7. The summed E-state index contributed by atoms with van der Waals surface area (Å²) in [4.78, 5) is 47.1. The van der Waals surface area contributed by atoms with E-state index in [4.69, 9.17) is 28.3 Å². The van der Waals surface area contributed by atoms with Crippen molar-refractivity contribution in [2.24, 2.45) is 0 Å². The number of aliphatic hydroxyl groups excluding tert-OH is 1. The van der Waals surface area contributed by atoms with Crippen LogP contribution in [0.3, 0.4) is 0 Å². The van der Waals surface area contributed by atoms with Gasteiger partial charge in [-0.05, 0) is 24.3 Å². The molecule has 1 aliphatic rings. The lowest BCUT2D eigenvalue weighted by molar-refractivity contribution is -0.145. The van der Waals surface area contributed by atoms with E-state index in [1.807, 2.05) is 0 Å². The number of carbonyl (C=O) groups excluding carboxylic acids is 2. The highest BCUT2D eigenvalue weighted by Crippen LogP contribution is 2.32. The molecular weight excluding hydrogens is 691 g/mol. The Morgan fingerprint density at radius 2 is 1.00 bits per heavy atom. The van der Waals surface area contributed by atoms with Crippen LogP contribution in [0, 0.1) is 0 Å². The zero-order valence-electron chi connectivity index (χ0n) is 23.8. The van der Waals surface area contributed by atoms with Gasteiger partial charge in [-0.3, -0.25) is 24.5 Å². The lowest BCUT2D eigenvalue weighted by atomic mass is 10.1. The number of imide groups is 1. The highest BCUT2D eigenvalue weighted by molar-refractivity contribution is 6.33. The van der Waals surface area contributed by atoms with E-state index in [2.05, 4.69) is 29.9 Å². The van der Waals surface area contributed by atoms with Crippen LogP contribution in [0.25, 0.3) is 22.3 Å². The molecule has 1 aliphatic heterocycles. The largest absolute Gasteiger partial charge is 0.451 e. The number of aliphatic hydroxyl groups is 1. The van der Waals surface area contributed by atoms with E-state index in [9.17, 15) is 35.9 Å². The van der Waals surface area contributed by atoms with Crippen LogP contribution in [0.15, 0.2) is 73.6 Å². The first-order valence-electron chi connectivity index (χ1n) is 13.3. The highest BCUT2D eigenvalue weighted by atomic mass is 35.5. The van der Waals surface area contributed by atoms with Crippen LogP contribution in [-0.2, 0) is 25.5 Å². The first kappa shape index (κ1) is 34.3. The van der Waals surface area contributed by atoms with E-state index in [-0.39, 0.29) is 28.8 Å². The molecule has 2 amide bonds. The molecule has 0 aliphatic carbocycles. The van der Waals surface area contributed by atoms with Gasteiger partial charge in [0.25, 0.3) is 11.8 Å². The summed E-state index contributed by atoms with van der Waals surface area (Å²) < 4.78 is 74.9. The van der Waals surface area contributed by atoms with Gasteiger partial charge in [-0.15, -0.1) is 0 Å². The fourth-order valence-corrected chi connectivity index (χ4v) is 4.78. The Balaban J connectivity index is 0.000000206. The summed E-state index contributed by atoms with van der Waals surface area (Å²) in [5.41, 5.74) is 2.60. The Morgan fingerprint density at radius 1 is 0.604 bits per heavy atom. The third-order valence-electron chi connectivity index (χ3n) is 6.62. The van der Waals surface area contributed by atoms with E-state index >= 15 is 0 Å². The van der Waals surface area contributed by atoms with Crippen LogP contribution in [0.4, 0.5) is 26.3 Å². The summed E-state index contributed by atoms with van der Waals surface area (Å²) in [5.74, 6) is -3.37. The maximum Gasteiger partial charge on any atom is 0.451 e. The molecule has 0 radical (unpaired) electrons. The summed E-state index contributed by atoms with van der Waals surface area (Å²) >= 11 is 12.0. The number of nitrogens with zero attached hydrogens (tertiary/aromatic N) is 7. The number of fused-ring (bicyclic) bond motifs is 1. The van der Waals surface area contributed by atoms with Gasteiger partial charge in [0.2, 0.25) is 11.6 Å². The number of aromatic nitrogens is 6. The summed E-state index contributed by atoms with van der Waals surface area (Å²) in [6.07, 6.45) is -2.59. The minimum atomic E-state index is -4.66. The summed E-state index contributed by atoms with van der Waals surface area (Å²) in [5, 5.41) is 9.37. The molecule has 0 bridgehead atoms. The molecule has 1 N–H and O–H groups in total. The zero-order chi connectivity index (χ0) is 34.8. The van der Waals surface area contributed by atoms with Gasteiger partial charge in [-0.1, -0.05) is 35.3 Å². The standard InChI is InChI=1S/C19H10ClF3N4O2.C11H7ClF3N3O/c20-15-8-24-11(5-14(15)10-6-25-18(26-7-10)19(21,22)23)9-27-16(28)12-3-1-2-4-13(12)17(27)29;12-9-4-16-7(5-19)1-8(9)6-2-17-10(18-3-6)11(13,14)15/h1-8H,9H2;1-4,19H,5H2. The number of halogens is 8. The Labute approximate surface area is 276 Å². The zero-order valence-corrected chi connectivity index (χ0v) is 25.3. The number of amides is 2. The minimum absolute atomic E-state index is 0.113. The number of carbonyl (C=O) groups is 2. The molecule has 0 spiro atoms. The van der Waals surface area contributed by atoms with Crippen molar-refractivity contribution in [1.29, 1.82) is 0 Å². The predicted molar refractivity (Wildman–Crippen MR) is 157 cm³/mol. The summed E-state index contributed by atoms with van der Waals surface area (Å²) in [6, 6.07) is 9.41. The van der Waals surface area contributed by atoms with Crippen molar-refractivity contribution >= 4 is 35.0 Å². The SMILES string of the molecule is O=C1c2ccccc2C(=O)N1Cc1cc(-c2cnc(C(F)(F)F)nc2)c(Cl)cn1.OCc1cc(-c2cnc(C(F)(F)F)nc2)c(Cl)cn1. The Bertz CT molecular complexity index is 1960. The summed E-state index contributed by atoms with van der Waals surface area (Å²) in [6.45, 7) is -0.413. The molecule has 0 unspecified atom stereocenters. The van der Waals surface area contributed by atoms with Gasteiger partial charge in [0, 0.05) is 59.4 Å². The molecule has 48 heavy (non-hydrogen) atoms. The van der Waals surface area contributed by atoms with Crippen LogP contribution < -0.4 is 0 Å². The predicted octanol–water partition coefficient (Wildman–Crippen LogP) is 6.71. The van der Waals surface area contributed by atoms with E-state index < -0.39 is 35.8 Å². The third kappa shape index (κ3) is 7.40. The van der Waals surface area contributed by atoms with E-state index in [0.717, 1.165) is 29.7 Å². The van der Waals surface area contributed by atoms with Crippen LogP contribution in [-0.4, -0.2) is 51.7 Å². The fourth-order valence-electron chi connectivity index (χ4n) is 4.35. The summed E-state index contributed by atoms with van der Waals surface area (Å²) in [7, 11) is 0. The van der Waals surface area contributed by atoms with Crippen LogP contribution in [0.5, 0.6) is 0 Å². The maximum absolute atomic E-state index is 12.6. The second kappa shape index (κ2) is 13.6.